The Balaban J connectivity index is 2.44. The van der Waals surface area contributed by atoms with Gasteiger partial charge in [-0.1, -0.05) is 0 Å². The highest BCUT2D eigenvalue weighted by Gasteiger charge is 2.43. The van der Waals surface area contributed by atoms with Crippen molar-refractivity contribution in [3.63, 3.8) is 0 Å². The van der Waals surface area contributed by atoms with Gasteiger partial charge in [-0.05, 0) is 24.3 Å². The van der Waals surface area contributed by atoms with E-state index in [4.69, 9.17) is 4.84 Å². The molecule has 0 aliphatic heterocycles. The summed E-state index contributed by atoms with van der Waals surface area (Å²) in [6.45, 7) is 0. The molecule has 8 heteroatoms. The monoisotopic (exact) mass is 294 g/mol. The number of nitrogens with zero attached hydrogens (tertiary/aromatic N) is 1. The highest BCUT2D eigenvalue weighted by Crippen LogP contribution is 2.41. The van der Waals surface area contributed by atoms with Crippen molar-refractivity contribution in [2.75, 3.05) is 0 Å². The molecule has 0 spiro atoms. The highest BCUT2D eigenvalue weighted by molar-refractivity contribution is 5.39. The molecule has 1 radical (unpaired) electrons. The van der Waals surface area contributed by atoms with Crippen molar-refractivity contribution < 1.29 is 31.2 Å². The summed E-state index contributed by atoms with van der Waals surface area (Å²) < 4.78 is 76.6. The molecule has 0 unspecified atom stereocenters. The quantitative estimate of drug-likeness (QED) is 0.758. The summed E-state index contributed by atoms with van der Waals surface area (Å²) in [5.74, 6) is -0.366. The first-order valence-corrected chi connectivity index (χ1v) is 5.19. The van der Waals surface area contributed by atoms with E-state index < -0.39 is 23.5 Å². The molecule has 0 saturated heterocycles. The summed E-state index contributed by atoms with van der Waals surface area (Å²) in [7, 11) is 0. The highest BCUT2D eigenvalue weighted by atomic mass is 19.4. The maximum absolute atomic E-state index is 12.7. The van der Waals surface area contributed by atoms with Gasteiger partial charge in [-0.25, -0.2) is 0 Å². The van der Waals surface area contributed by atoms with E-state index in [0.29, 0.717) is 12.1 Å². The van der Waals surface area contributed by atoms with Crippen molar-refractivity contribution in [2.24, 2.45) is 0 Å². The second kappa shape index (κ2) is 4.77. The van der Waals surface area contributed by atoms with Crippen LogP contribution in [0.3, 0.4) is 0 Å². The van der Waals surface area contributed by atoms with Crippen molar-refractivity contribution in [3.8, 4) is 5.75 Å². The Morgan fingerprint density at radius 1 is 0.950 bits per heavy atom. The number of aromatic nitrogens is 1. The zero-order valence-electron chi connectivity index (χ0n) is 9.59. The predicted octanol–water partition coefficient (Wildman–Crippen LogP) is 4.17. The minimum Gasteiger partial charge on any atom is -0.376 e. The number of hydrogen-bond donors (Lipinski definition) is 0. The molecule has 0 N–H and O–H groups in total. The third-order valence-corrected chi connectivity index (χ3v) is 2.33. The lowest BCUT2D eigenvalue weighted by Gasteiger charge is -2.16. The van der Waals surface area contributed by atoms with Crippen LogP contribution in [-0.2, 0) is 12.4 Å². The van der Waals surface area contributed by atoms with E-state index in [9.17, 15) is 26.3 Å². The SMILES string of the molecule is FC(F)(F)c1ccc(On2c[c]cc2)cc1C(F)(F)F. The Labute approximate surface area is 109 Å². The molecule has 1 aromatic heterocycles. The Hall–Kier alpha value is -2.12. The third kappa shape index (κ3) is 3.06. The van der Waals surface area contributed by atoms with E-state index in [2.05, 4.69) is 6.07 Å². The fourth-order valence-corrected chi connectivity index (χ4v) is 1.52. The molecule has 1 heterocycles. The van der Waals surface area contributed by atoms with Gasteiger partial charge in [-0.3, -0.25) is 0 Å². The van der Waals surface area contributed by atoms with Gasteiger partial charge in [0.05, 0.1) is 17.3 Å². The van der Waals surface area contributed by atoms with Crippen LogP contribution in [-0.4, -0.2) is 4.73 Å². The maximum atomic E-state index is 12.7. The molecule has 0 aliphatic carbocycles. The average Bonchev–Trinajstić information content (AvgIpc) is 2.79. The van der Waals surface area contributed by atoms with Gasteiger partial charge >= 0.3 is 12.4 Å². The molecule has 2 aromatic rings. The molecule has 0 saturated carbocycles. The number of halogens is 6. The summed E-state index contributed by atoms with van der Waals surface area (Å²) in [6.07, 6.45) is -7.62. The van der Waals surface area contributed by atoms with E-state index in [0.717, 1.165) is 10.8 Å². The summed E-state index contributed by atoms with van der Waals surface area (Å²) in [5.41, 5.74) is -3.55. The van der Waals surface area contributed by atoms with E-state index in [1.165, 1.54) is 18.5 Å². The van der Waals surface area contributed by atoms with E-state index in [1.807, 2.05) is 0 Å². The lowest BCUT2D eigenvalue weighted by atomic mass is 10.1. The number of hydrogen-bond acceptors (Lipinski definition) is 1. The minimum atomic E-state index is -5.13. The molecule has 107 valence electrons. The summed E-state index contributed by atoms with van der Waals surface area (Å²) >= 11 is 0. The van der Waals surface area contributed by atoms with Gasteiger partial charge < -0.3 is 4.84 Å². The number of rotatable bonds is 2. The lowest BCUT2D eigenvalue weighted by Crippen LogP contribution is -2.17. The van der Waals surface area contributed by atoms with Gasteiger partial charge in [-0.2, -0.15) is 31.1 Å². The standard InChI is InChI=1S/C12H6F6NO/c13-11(14,15)9-4-3-8(7-10(9)12(16,17)18)20-19-5-1-2-6-19/h1,3-7H. The van der Waals surface area contributed by atoms with E-state index >= 15 is 0 Å². The molecule has 0 amide bonds. The Kier molecular flexibility index (Phi) is 3.41. The van der Waals surface area contributed by atoms with Crippen LogP contribution in [0.1, 0.15) is 11.1 Å². The third-order valence-electron chi connectivity index (χ3n) is 2.33. The van der Waals surface area contributed by atoms with Crippen molar-refractivity contribution in [3.05, 3.63) is 53.9 Å². The number of benzene rings is 1. The van der Waals surface area contributed by atoms with Crippen LogP contribution in [0.4, 0.5) is 26.3 Å². The molecule has 0 aliphatic rings. The van der Waals surface area contributed by atoms with Crippen molar-refractivity contribution >= 4 is 0 Å². The van der Waals surface area contributed by atoms with Crippen LogP contribution in [0.15, 0.2) is 36.7 Å². The lowest BCUT2D eigenvalue weighted by molar-refractivity contribution is -0.162. The molecule has 20 heavy (non-hydrogen) atoms. The average molecular weight is 294 g/mol. The first-order valence-electron chi connectivity index (χ1n) is 5.19. The topological polar surface area (TPSA) is 14.2 Å². The summed E-state index contributed by atoms with van der Waals surface area (Å²) in [4.78, 5) is 4.94. The molecular formula is C12H6F6NO. The van der Waals surface area contributed by atoms with Gasteiger partial charge in [0.2, 0.25) is 0 Å². The molecule has 1 aromatic carbocycles. The smallest absolute Gasteiger partial charge is 0.376 e. The fourth-order valence-electron chi connectivity index (χ4n) is 1.52. The van der Waals surface area contributed by atoms with Gasteiger partial charge in [0.15, 0.2) is 5.75 Å². The van der Waals surface area contributed by atoms with Crippen LogP contribution in [0.5, 0.6) is 5.75 Å². The second-order valence-electron chi connectivity index (χ2n) is 3.77. The largest absolute Gasteiger partial charge is 0.417 e. The Morgan fingerprint density at radius 3 is 2.10 bits per heavy atom. The minimum absolute atomic E-state index is 0.308. The predicted molar refractivity (Wildman–Crippen MR) is 55.7 cm³/mol. The van der Waals surface area contributed by atoms with Gasteiger partial charge in [0.25, 0.3) is 0 Å². The van der Waals surface area contributed by atoms with Crippen molar-refractivity contribution in [2.45, 2.75) is 12.4 Å². The zero-order valence-corrected chi connectivity index (χ0v) is 9.59. The van der Waals surface area contributed by atoms with Crippen LogP contribution in [0.2, 0.25) is 0 Å². The van der Waals surface area contributed by atoms with E-state index in [1.54, 1.807) is 0 Å². The first kappa shape index (κ1) is 14.3. The van der Waals surface area contributed by atoms with Crippen molar-refractivity contribution in [1.82, 2.24) is 4.73 Å². The maximum Gasteiger partial charge on any atom is 0.417 e. The Morgan fingerprint density at radius 2 is 1.60 bits per heavy atom. The number of alkyl halides is 6. The fraction of sp³-hybridized carbons (Fsp3) is 0.167. The molecule has 2 nitrogen and oxygen atoms in total. The molecule has 0 fully saturated rings. The van der Waals surface area contributed by atoms with Gasteiger partial charge in [0, 0.05) is 12.3 Å². The normalized spacial score (nSPS) is 12.5. The van der Waals surface area contributed by atoms with Crippen molar-refractivity contribution in [1.29, 1.82) is 0 Å². The molecule has 0 atom stereocenters. The second-order valence-corrected chi connectivity index (χ2v) is 3.77. The van der Waals surface area contributed by atoms with Crippen LogP contribution >= 0.6 is 0 Å². The zero-order chi connectivity index (χ0) is 15.0. The van der Waals surface area contributed by atoms with Crippen LogP contribution in [0, 0.1) is 6.07 Å². The summed E-state index contributed by atoms with van der Waals surface area (Å²) in [6, 6.07) is 5.46. The van der Waals surface area contributed by atoms with Gasteiger partial charge in [-0.15, -0.1) is 0 Å². The van der Waals surface area contributed by atoms with Crippen LogP contribution < -0.4 is 4.84 Å². The molecule has 2 rings (SSSR count). The molecule has 0 bridgehead atoms. The first-order chi connectivity index (χ1) is 9.18. The molecular weight excluding hydrogens is 288 g/mol. The van der Waals surface area contributed by atoms with Crippen LogP contribution in [0.25, 0.3) is 0 Å². The Bertz CT molecular complexity index is 585. The van der Waals surface area contributed by atoms with E-state index in [-0.39, 0.29) is 5.75 Å². The van der Waals surface area contributed by atoms with Gasteiger partial charge in [0.1, 0.15) is 0 Å². The summed E-state index contributed by atoms with van der Waals surface area (Å²) in [5, 5.41) is 0.